The summed E-state index contributed by atoms with van der Waals surface area (Å²) in [5.74, 6) is 1.91. The summed E-state index contributed by atoms with van der Waals surface area (Å²) in [7, 11) is 2.14. The van der Waals surface area contributed by atoms with Crippen molar-refractivity contribution in [2.45, 2.75) is 20.8 Å². The Morgan fingerprint density at radius 2 is 1.64 bits per heavy atom. The lowest BCUT2D eigenvalue weighted by Crippen LogP contribution is -2.32. The fourth-order valence-corrected chi connectivity index (χ4v) is 4.40. The van der Waals surface area contributed by atoms with E-state index in [-0.39, 0.29) is 0 Å². The van der Waals surface area contributed by atoms with Crippen LogP contribution in [0.25, 0.3) is 32.8 Å². The van der Waals surface area contributed by atoms with Crippen LogP contribution in [-0.2, 0) is 7.05 Å². The highest BCUT2D eigenvalue weighted by atomic mass is 16.5. The average molecular weight is 326 g/mol. The van der Waals surface area contributed by atoms with E-state index in [0.717, 1.165) is 11.5 Å². The third kappa shape index (κ3) is 1.82. The van der Waals surface area contributed by atoms with Gasteiger partial charge in [0.05, 0.1) is 10.9 Å². The van der Waals surface area contributed by atoms with Crippen molar-refractivity contribution in [3.8, 4) is 22.8 Å². The summed E-state index contributed by atoms with van der Waals surface area (Å²) in [5, 5.41) is 5.05. The molecule has 0 fully saturated rings. The van der Waals surface area contributed by atoms with Gasteiger partial charge >= 0.3 is 0 Å². The van der Waals surface area contributed by atoms with E-state index >= 15 is 0 Å². The summed E-state index contributed by atoms with van der Waals surface area (Å²) in [6.45, 7) is 6.56. The lowest BCUT2D eigenvalue weighted by molar-refractivity contribution is -0.659. The zero-order valence-corrected chi connectivity index (χ0v) is 15.0. The van der Waals surface area contributed by atoms with Gasteiger partial charge in [-0.3, -0.25) is 0 Å². The Bertz CT molecular complexity index is 1200. The van der Waals surface area contributed by atoms with E-state index in [2.05, 4.69) is 81.0 Å². The second kappa shape index (κ2) is 4.82. The molecule has 1 aromatic heterocycles. The quantitative estimate of drug-likeness (QED) is 0.342. The molecule has 0 spiro atoms. The first-order valence-electron chi connectivity index (χ1n) is 8.69. The molecule has 1 aliphatic rings. The van der Waals surface area contributed by atoms with E-state index in [4.69, 9.17) is 4.74 Å². The molecule has 0 amide bonds. The third-order valence-corrected chi connectivity index (χ3v) is 5.48. The summed E-state index contributed by atoms with van der Waals surface area (Å²) in [4.78, 5) is 0. The van der Waals surface area contributed by atoms with Crippen molar-refractivity contribution in [3.05, 3.63) is 65.4 Å². The SMILES string of the molecule is Cc1c2c(cc3ccccc13)Oc1ccc(C)c3c(C)c[n+](C)c-2c13. The number of rotatable bonds is 0. The molecule has 0 bridgehead atoms. The molecule has 0 radical (unpaired) electrons. The van der Waals surface area contributed by atoms with Gasteiger partial charge in [-0.25, -0.2) is 0 Å². The van der Waals surface area contributed by atoms with Crippen molar-refractivity contribution in [2.24, 2.45) is 7.05 Å². The zero-order valence-electron chi connectivity index (χ0n) is 15.0. The maximum atomic E-state index is 6.39. The van der Waals surface area contributed by atoms with Gasteiger partial charge in [-0.1, -0.05) is 30.3 Å². The Morgan fingerprint density at radius 1 is 0.840 bits per heavy atom. The van der Waals surface area contributed by atoms with Crippen LogP contribution in [0.1, 0.15) is 16.7 Å². The molecule has 0 saturated heterocycles. The predicted octanol–water partition coefficient (Wildman–Crippen LogP) is 5.52. The summed E-state index contributed by atoms with van der Waals surface area (Å²) in [6.07, 6.45) is 2.23. The molecule has 5 rings (SSSR count). The largest absolute Gasteiger partial charge is 0.456 e. The molecule has 0 unspecified atom stereocenters. The van der Waals surface area contributed by atoms with Crippen LogP contribution in [0.3, 0.4) is 0 Å². The molecule has 1 aliphatic heterocycles. The molecule has 122 valence electrons. The van der Waals surface area contributed by atoms with Gasteiger partial charge in [0.2, 0.25) is 5.69 Å². The molecule has 0 aliphatic carbocycles. The maximum Gasteiger partial charge on any atom is 0.228 e. The summed E-state index contributed by atoms with van der Waals surface area (Å²) in [6, 6.07) is 15.0. The number of fused-ring (bicyclic) bond motifs is 3. The van der Waals surface area contributed by atoms with Gasteiger partial charge in [-0.15, -0.1) is 0 Å². The highest BCUT2D eigenvalue weighted by Crippen LogP contribution is 2.49. The van der Waals surface area contributed by atoms with E-state index < -0.39 is 0 Å². The number of ether oxygens (including phenoxy) is 1. The molecule has 0 saturated carbocycles. The molecular weight excluding hydrogens is 306 g/mol. The van der Waals surface area contributed by atoms with Crippen LogP contribution in [0.15, 0.2) is 48.7 Å². The van der Waals surface area contributed by atoms with Crippen molar-refractivity contribution < 1.29 is 9.30 Å². The van der Waals surface area contributed by atoms with Crippen LogP contribution in [0, 0.1) is 20.8 Å². The third-order valence-electron chi connectivity index (χ3n) is 5.48. The van der Waals surface area contributed by atoms with Gasteiger partial charge in [-0.05, 0) is 54.8 Å². The van der Waals surface area contributed by atoms with Crippen molar-refractivity contribution >= 4 is 21.5 Å². The van der Waals surface area contributed by atoms with Gasteiger partial charge in [0.25, 0.3) is 0 Å². The summed E-state index contributed by atoms with van der Waals surface area (Å²) < 4.78 is 8.64. The first kappa shape index (κ1) is 14.5. The van der Waals surface area contributed by atoms with E-state index in [1.807, 2.05) is 0 Å². The minimum absolute atomic E-state index is 0.952. The summed E-state index contributed by atoms with van der Waals surface area (Å²) >= 11 is 0. The van der Waals surface area contributed by atoms with Crippen LogP contribution >= 0.6 is 0 Å². The minimum atomic E-state index is 0.952. The van der Waals surface area contributed by atoms with Crippen LogP contribution in [0.2, 0.25) is 0 Å². The zero-order chi connectivity index (χ0) is 17.3. The fourth-order valence-electron chi connectivity index (χ4n) is 4.40. The van der Waals surface area contributed by atoms with Gasteiger partial charge in [0.1, 0.15) is 18.5 Å². The second-order valence-corrected chi connectivity index (χ2v) is 7.10. The Hall–Kier alpha value is -2.87. The van der Waals surface area contributed by atoms with Crippen molar-refractivity contribution in [1.29, 1.82) is 0 Å². The monoisotopic (exact) mass is 326 g/mol. The number of nitrogens with zero attached hydrogens (tertiary/aromatic N) is 1. The lowest BCUT2D eigenvalue weighted by Gasteiger charge is -2.23. The second-order valence-electron chi connectivity index (χ2n) is 7.10. The predicted molar refractivity (Wildman–Crippen MR) is 102 cm³/mol. The molecular formula is C23H20NO+. The first-order chi connectivity index (χ1) is 12.1. The van der Waals surface area contributed by atoms with Crippen LogP contribution in [-0.4, -0.2) is 0 Å². The van der Waals surface area contributed by atoms with Gasteiger partial charge in [0, 0.05) is 10.9 Å². The number of hydrogen-bond acceptors (Lipinski definition) is 1. The lowest BCUT2D eigenvalue weighted by atomic mass is 9.90. The molecule has 2 heterocycles. The maximum absolute atomic E-state index is 6.39. The van der Waals surface area contributed by atoms with Crippen molar-refractivity contribution in [1.82, 2.24) is 0 Å². The van der Waals surface area contributed by atoms with E-state index in [1.165, 1.54) is 49.5 Å². The number of hydrogen-bond donors (Lipinski definition) is 0. The number of pyridine rings is 1. The molecule has 2 heteroatoms. The fraction of sp³-hybridized carbons (Fsp3) is 0.174. The molecule has 3 aromatic carbocycles. The highest BCUT2D eigenvalue weighted by molar-refractivity contribution is 6.07. The van der Waals surface area contributed by atoms with E-state index in [9.17, 15) is 0 Å². The Balaban J connectivity index is 2.03. The van der Waals surface area contributed by atoms with Crippen LogP contribution < -0.4 is 9.30 Å². The first-order valence-corrected chi connectivity index (χ1v) is 8.69. The van der Waals surface area contributed by atoms with E-state index in [1.54, 1.807) is 0 Å². The highest BCUT2D eigenvalue weighted by Gasteiger charge is 2.31. The molecule has 0 atom stereocenters. The van der Waals surface area contributed by atoms with Crippen LogP contribution in [0.5, 0.6) is 11.5 Å². The topological polar surface area (TPSA) is 13.1 Å². The summed E-state index contributed by atoms with van der Waals surface area (Å²) in [5.41, 5.74) is 6.32. The number of aromatic nitrogens is 1. The van der Waals surface area contributed by atoms with Crippen molar-refractivity contribution in [2.75, 3.05) is 0 Å². The molecule has 25 heavy (non-hydrogen) atoms. The Morgan fingerprint density at radius 3 is 2.48 bits per heavy atom. The van der Waals surface area contributed by atoms with Gasteiger partial charge < -0.3 is 4.74 Å². The number of aryl methyl sites for hydroxylation is 4. The van der Waals surface area contributed by atoms with Gasteiger partial charge in [0.15, 0.2) is 6.20 Å². The van der Waals surface area contributed by atoms with Gasteiger partial charge in [-0.2, -0.15) is 4.57 Å². The van der Waals surface area contributed by atoms with E-state index in [0.29, 0.717) is 0 Å². The van der Waals surface area contributed by atoms with Crippen molar-refractivity contribution in [3.63, 3.8) is 0 Å². The van der Waals surface area contributed by atoms with Crippen LogP contribution in [0.4, 0.5) is 0 Å². The average Bonchev–Trinajstić information content (AvgIpc) is 2.59. The smallest absolute Gasteiger partial charge is 0.228 e. The Labute approximate surface area is 147 Å². The molecule has 4 aromatic rings. The normalized spacial score (nSPS) is 12.3. The molecule has 0 N–H and O–H groups in total. The standard InChI is InChI=1S/C23H20NO/c1-13-9-10-18-22-20(13)14(2)12-24(4)23(22)21-15(3)17-8-6-5-7-16(17)11-19(21)25-18/h5-12H,1-4H3/q+1. The molecule has 2 nitrogen and oxygen atoms in total. The number of benzene rings is 3. The Kier molecular flexibility index (Phi) is 2.79. The minimum Gasteiger partial charge on any atom is -0.456 e.